The summed E-state index contributed by atoms with van der Waals surface area (Å²) in [6.07, 6.45) is 3.96. The van der Waals surface area contributed by atoms with E-state index in [0.717, 1.165) is 0 Å². The SMILES string of the molecule is CC(N)C(N1CCCC(C)(C)CC1)C(C)(C)C. The molecule has 2 atom stereocenters. The first kappa shape index (κ1) is 15.0. The molecule has 0 aromatic heterocycles. The molecule has 17 heavy (non-hydrogen) atoms. The summed E-state index contributed by atoms with van der Waals surface area (Å²) in [6.45, 7) is 16.3. The quantitative estimate of drug-likeness (QED) is 0.803. The second-order valence-electron chi connectivity index (χ2n) is 7.72. The highest BCUT2D eigenvalue weighted by Gasteiger charge is 2.35. The van der Waals surface area contributed by atoms with Gasteiger partial charge in [-0.15, -0.1) is 0 Å². The maximum absolute atomic E-state index is 6.23. The standard InChI is InChI=1S/C15H32N2/c1-12(16)13(14(2,3)4)17-10-7-8-15(5,6)9-11-17/h12-13H,7-11,16H2,1-6H3. The number of nitrogens with zero attached hydrogens (tertiary/aromatic N) is 1. The van der Waals surface area contributed by atoms with Crippen molar-refractivity contribution in [2.75, 3.05) is 13.1 Å². The molecule has 0 radical (unpaired) electrons. The first-order chi connectivity index (χ1) is 7.63. The highest BCUT2D eigenvalue weighted by molar-refractivity contribution is 4.91. The molecular formula is C15H32N2. The molecule has 0 aromatic carbocycles. The molecule has 1 fully saturated rings. The average Bonchev–Trinajstić information content (AvgIpc) is 2.25. The van der Waals surface area contributed by atoms with Crippen LogP contribution in [0.1, 0.15) is 60.8 Å². The smallest absolute Gasteiger partial charge is 0.0292 e. The zero-order chi connectivity index (χ0) is 13.3. The lowest BCUT2D eigenvalue weighted by Gasteiger charge is -2.42. The Kier molecular flexibility index (Phi) is 4.65. The summed E-state index contributed by atoms with van der Waals surface area (Å²) in [4.78, 5) is 2.64. The summed E-state index contributed by atoms with van der Waals surface area (Å²) in [5, 5.41) is 0. The third-order valence-corrected chi connectivity index (χ3v) is 4.15. The van der Waals surface area contributed by atoms with Crippen LogP contribution in [0.25, 0.3) is 0 Å². The Morgan fingerprint density at radius 1 is 1.12 bits per heavy atom. The van der Waals surface area contributed by atoms with Crippen LogP contribution in [0.5, 0.6) is 0 Å². The fraction of sp³-hybridized carbons (Fsp3) is 1.00. The minimum absolute atomic E-state index is 0.246. The van der Waals surface area contributed by atoms with Crippen LogP contribution in [0.3, 0.4) is 0 Å². The van der Waals surface area contributed by atoms with Gasteiger partial charge < -0.3 is 5.73 Å². The van der Waals surface area contributed by atoms with Crippen molar-refractivity contribution >= 4 is 0 Å². The third kappa shape index (κ3) is 4.26. The fourth-order valence-corrected chi connectivity index (χ4v) is 3.39. The highest BCUT2D eigenvalue weighted by Crippen LogP contribution is 2.34. The summed E-state index contributed by atoms with van der Waals surface area (Å²) >= 11 is 0. The van der Waals surface area contributed by atoms with Crippen molar-refractivity contribution < 1.29 is 0 Å². The molecule has 1 aliphatic rings. The largest absolute Gasteiger partial charge is 0.327 e. The maximum Gasteiger partial charge on any atom is 0.0292 e. The minimum Gasteiger partial charge on any atom is -0.327 e. The summed E-state index contributed by atoms with van der Waals surface area (Å²) < 4.78 is 0. The van der Waals surface area contributed by atoms with Gasteiger partial charge in [-0.25, -0.2) is 0 Å². The van der Waals surface area contributed by atoms with Gasteiger partial charge in [0.05, 0.1) is 0 Å². The van der Waals surface area contributed by atoms with E-state index in [1.807, 2.05) is 0 Å². The van der Waals surface area contributed by atoms with Gasteiger partial charge in [-0.3, -0.25) is 4.90 Å². The molecular weight excluding hydrogens is 208 g/mol. The van der Waals surface area contributed by atoms with Crippen LogP contribution >= 0.6 is 0 Å². The second-order valence-corrected chi connectivity index (χ2v) is 7.72. The number of nitrogens with two attached hydrogens (primary N) is 1. The number of hydrogen-bond donors (Lipinski definition) is 1. The van der Waals surface area contributed by atoms with Crippen LogP contribution in [0, 0.1) is 10.8 Å². The zero-order valence-corrected chi connectivity index (χ0v) is 12.7. The van der Waals surface area contributed by atoms with Crippen LogP contribution in [0.2, 0.25) is 0 Å². The summed E-state index contributed by atoms with van der Waals surface area (Å²) in [6, 6.07) is 0.743. The molecule has 0 aromatic rings. The Bertz CT molecular complexity index is 238. The van der Waals surface area contributed by atoms with E-state index in [4.69, 9.17) is 5.73 Å². The molecule has 0 saturated carbocycles. The van der Waals surface area contributed by atoms with Crippen LogP contribution < -0.4 is 5.73 Å². The zero-order valence-electron chi connectivity index (χ0n) is 12.7. The van der Waals surface area contributed by atoms with Gasteiger partial charge >= 0.3 is 0 Å². The molecule has 0 aliphatic carbocycles. The predicted molar refractivity (Wildman–Crippen MR) is 76.1 cm³/mol. The van der Waals surface area contributed by atoms with E-state index in [1.54, 1.807) is 0 Å². The fourth-order valence-electron chi connectivity index (χ4n) is 3.39. The topological polar surface area (TPSA) is 29.3 Å². The molecule has 102 valence electrons. The minimum atomic E-state index is 0.246. The van der Waals surface area contributed by atoms with E-state index in [9.17, 15) is 0 Å². The van der Waals surface area contributed by atoms with Crippen molar-refractivity contribution in [1.29, 1.82) is 0 Å². The van der Waals surface area contributed by atoms with E-state index in [2.05, 4.69) is 46.4 Å². The van der Waals surface area contributed by atoms with Gasteiger partial charge in [0, 0.05) is 12.1 Å². The van der Waals surface area contributed by atoms with E-state index in [1.165, 1.54) is 32.4 Å². The Morgan fingerprint density at radius 2 is 1.71 bits per heavy atom. The molecule has 2 N–H and O–H groups in total. The van der Waals surface area contributed by atoms with Crippen LogP contribution in [-0.4, -0.2) is 30.1 Å². The van der Waals surface area contributed by atoms with Crippen molar-refractivity contribution in [2.45, 2.75) is 72.9 Å². The number of likely N-dealkylation sites (tertiary alicyclic amines) is 1. The molecule has 0 bridgehead atoms. The second kappa shape index (κ2) is 5.27. The lowest BCUT2D eigenvalue weighted by Crippen LogP contribution is -2.53. The molecule has 2 unspecified atom stereocenters. The van der Waals surface area contributed by atoms with Crippen LogP contribution in [0.15, 0.2) is 0 Å². The van der Waals surface area contributed by atoms with Gasteiger partial charge in [-0.05, 0) is 50.1 Å². The summed E-state index contributed by atoms with van der Waals surface area (Å²) in [7, 11) is 0. The van der Waals surface area contributed by atoms with E-state index >= 15 is 0 Å². The normalized spacial score (nSPS) is 26.3. The van der Waals surface area contributed by atoms with Crippen molar-refractivity contribution in [3.63, 3.8) is 0 Å². The van der Waals surface area contributed by atoms with E-state index < -0.39 is 0 Å². The van der Waals surface area contributed by atoms with Gasteiger partial charge in [0.15, 0.2) is 0 Å². The molecule has 1 heterocycles. The molecule has 2 nitrogen and oxygen atoms in total. The first-order valence-electron chi connectivity index (χ1n) is 7.13. The third-order valence-electron chi connectivity index (χ3n) is 4.15. The Hall–Kier alpha value is -0.0800. The lowest BCUT2D eigenvalue weighted by atomic mass is 9.81. The average molecular weight is 240 g/mol. The van der Waals surface area contributed by atoms with Gasteiger partial charge in [0.1, 0.15) is 0 Å². The Labute approximate surface area is 108 Å². The van der Waals surface area contributed by atoms with E-state index in [-0.39, 0.29) is 11.5 Å². The summed E-state index contributed by atoms with van der Waals surface area (Å²) in [5.41, 5.74) is 7.01. The Morgan fingerprint density at radius 3 is 2.18 bits per heavy atom. The van der Waals surface area contributed by atoms with Gasteiger partial charge in [0.2, 0.25) is 0 Å². The molecule has 1 aliphatic heterocycles. The number of hydrogen-bond acceptors (Lipinski definition) is 2. The van der Waals surface area contributed by atoms with Crippen LogP contribution in [0.4, 0.5) is 0 Å². The Balaban J connectivity index is 2.76. The van der Waals surface area contributed by atoms with Crippen molar-refractivity contribution in [2.24, 2.45) is 16.6 Å². The van der Waals surface area contributed by atoms with Crippen molar-refractivity contribution in [1.82, 2.24) is 4.90 Å². The van der Waals surface area contributed by atoms with Crippen molar-refractivity contribution in [3.05, 3.63) is 0 Å². The summed E-state index contributed by atoms with van der Waals surface area (Å²) in [5.74, 6) is 0. The maximum atomic E-state index is 6.23. The van der Waals surface area contributed by atoms with Crippen LogP contribution in [-0.2, 0) is 0 Å². The van der Waals surface area contributed by atoms with Gasteiger partial charge in [-0.1, -0.05) is 34.6 Å². The predicted octanol–water partition coefficient (Wildman–Crippen LogP) is 3.26. The molecule has 2 heteroatoms. The van der Waals surface area contributed by atoms with Gasteiger partial charge in [0.25, 0.3) is 0 Å². The van der Waals surface area contributed by atoms with E-state index in [0.29, 0.717) is 11.5 Å². The molecule has 0 spiro atoms. The monoisotopic (exact) mass is 240 g/mol. The van der Waals surface area contributed by atoms with Crippen molar-refractivity contribution in [3.8, 4) is 0 Å². The lowest BCUT2D eigenvalue weighted by molar-refractivity contribution is 0.0823. The first-order valence-corrected chi connectivity index (χ1v) is 7.13. The molecule has 1 saturated heterocycles. The number of rotatable bonds is 2. The van der Waals surface area contributed by atoms with Gasteiger partial charge in [-0.2, -0.15) is 0 Å². The molecule has 1 rings (SSSR count). The highest BCUT2D eigenvalue weighted by atomic mass is 15.2. The molecule has 0 amide bonds.